The van der Waals surface area contributed by atoms with Crippen LogP contribution in [0.15, 0.2) is 24.3 Å². The molecule has 22 heavy (non-hydrogen) atoms. The van der Waals surface area contributed by atoms with E-state index >= 15 is 0 Å². The second-order valence-corrected chi connectivity index (χ2v) is 5.61. The van der Waals surface area contributed by atoms with E-state index in [-0.39, 0.29) is 31.5 Å². The van der Waals surface area contributed by atoms with Crippen LogP contribution in [0, 0.1) is 0 Å². The lowest BCUT2D eigenvalue weighted by Gasteiger charge is -2.16. The molecule has 114 valence electrons. The van der Waals surface area contributed by atoms with E-state index < -0.39 is 23.5 Å². The zero-order valence-electron chi connectivity index (χ0n) is 10.9. The SMILES string of the molecule is O=C(CI)Oc1ccc(OC(=O)CI)c2c1C(=O)C=CC2=O. The van der Waals surface area contributed by atoms with E-state index in [0.717, 1.165) is 12.2 Å². The Balaban J connectivity index is 2.56. The van der Waals surface area contributed by atoms with Gasteiger partial charge in [0.25, 0.3) is 0 Å². The molecule has 0 unspecified atom stereocenters. The number of ether oxygens (including phenoxy) is 2. The zero-order valence-corrected chi connectivity index (χ0v) is 15.2. The van der Waals surface area contributed by atoms with Crippen molar-refractivity contribution in [3.63, 3.8) is 0 Å². The molecule has 0 spiro atoms. The van der Waals surface area contributed by atoms with Crippen LogP contribution in [0.1, 0.15) is 20.7 Å². The molecule has 0 saturated heterocycles. The van der Waals surface area contributed by atoms with Gasteiger partial charge in [0.2, 0.25) is 0 Å². The van der Waals surface area contributed by atoms with Crippen molar-refractivity contribution in [1.29, 1.82) is 0 Å². The molecule has 0 radical (unpaired) electrons. The maximum atomic E-state index is 12.1. The van der Waals surface area contributed by atoms with Crippen molar-refractivity contribution in [3.8, 4) is 11.5 Å². The van der Waals surface area contributed by atoms with Gasteiger partial charge in [0, 0.05) is 0 Å². The highest BCUT2D eigenvalue weighted by atomic mass is 127. The van der Waals surface area contributed by atoms with Gasteiger partial charge in [-0.1, -0.05) is 45.2 Å². The Bertz CT molecular complexity index is 649. The predicted octanol–water partition coefficient (Wildman–Crippen LogP) is 2.30. The maximum absolute atomic E-state index is 12.1. The maximum Gasteiger partial charge on any atom is 0.321 e. The summed E-state index contributed by atoms with van der Waals surface area (Å²) in [6.45, 7) is 0. The summed E-state index contributed by atoms with van der Waals surface area (Å²) in [7, 11) is 0. The molecule has 8 heteroatoms. The number of ketones is 2. The molecule has 1 aliphatic rings. The van der Waals surface area contributed by atoms with Crippen LogP contribution >= 0.6 is 45.2 Å². The Morgan fingerprint density at radius 1 is 0.818 bits per heavy atom. The molecule has 1 aromatic rings. The van der Waals surface area contributed by atoms with Crippen molar-refractivity contribution >= 4 is 68.7 Å². The van der Waals surface area contributed by atoms with Crippen LogP contribution in [-0.4, -0.2) is 32.4 Å². The van der Waals surface area contributed by atoms with Gasteiger partial charge in [-0.25, -0.2) is 0 Å². The molecule has 0 atom stereocenters. The van der Waals surface area contributed by atoms with Crippen LogP contribution < -0.4 is 9.47 Å². The lowest BCUT2D eigenvalue weighted by atomic mass is 9.93. The van der Waals surface area contributed by atoms with E-state index in [9.17, 15) is 19.2 Å². The number of carbonyl (C=O) groups is 4. The molecule has 1 aromatic carbocycles. The third kappa shape index (κ3) is 3.54. The number of hydrogen-bond donors (Lipinski definition) is 0. The van der Waals surface area contributed by atoms with Crippen LogP contribution in [0.25, 0.3) is 0 Å². The molecular weight excluding hydrogens is 518 g/mol. The Labute approximate surface area is 152 Å². The van der Waals surface area contributed by atoms with Gasteiger partial charge in [-0.15, -0.1) is 0 Å². The van der Waals surface area contributed by atoms with Gasteiger partial charge < -0.3 is 9.47 Å². The highest BCUT2D eigenvalue weighted by Crippen LogP contribution is 2.34. The monoisotopic (exact) mass is 526 g/mol. The van der Waals surface area contributed by atoms with Crippen LogP contribution in [0.4, 0.5) is 0 Å². The zero-order chi connectivity index (χ0) is 16.3. The number of hydrogen-bond acceptors (Lipinski definition) is 6. The van der Waals surface area contributed by atoms with Gasteiger partial charge in [0.05, 0.1) is 20.0 Å². The van der Waals surface area contributed by atoms with Crippen molar-refractivity contribution < 1.29 is 28.7 Å². The number of rotatable bonds is 4. The van der Waals surface area contributed by atoms with E-state index in [1.165, 1.54) is 12.1 Å². The number of fused-ring (bicyclic) bond motifs is 1. The van der Waals surface area contributed by atoms with Crippen LogP contribution in [-0.2, 0) is 9.59 Å². The topological polar surface area (TPSA) is 86.7 Å². The van der Waals surface area contributed by atoms with Gasteiger partial charge in [-0.05, 0) is 24.3 Å². The summed E-state index contributed by atoms with van der Waals surface area (Å²) in [4.78, 5) is 47.0. The smallest absolute Gasteiger partial charge is 0.321 e. The summed E-state index contributed by atoms with van der Waals surface area (Å²) in [5.74, 6) is -2.11. The fourth-order valence-corrected chi connectivity index (χ4v) is 2.15. The van der Waals surface area contributed by atoms with Gasteiger partial charge in [-0.2, -0.15) is 0 Å². The molecule has 6 nitrogen and oxygen atoms in total. The number of alkyl halides is 2. The Kier molecular flexibility index (Phi) is 5.67. The number of allylic oxidation sites excluding steroid dienone is 2. The first kappa shape index (κ1) is 17.1. The molecular formula is C14H8I2O6. The van der Waals surface area contributed by atoms with Gasteiger partial charge in [-0.3, -0.25) is 19.2 Å². The first-order valence-electron chi connectivity index (χ1n) is 5.95. The van der Waals surface area contributed by atoms with E-state index in [4.69, 9.17) is 9.47 Å². The third-order valence-electron chi connectivity index (χ3n) is 2.67. The first-order valence-corrected chi connectivity index (χ1v) is 9.00. The fraction of sp³-hybridized carbons (Fsp3) is 0.143. The average Bonchev–Trinajstić information content (AvgIpc) is 2.51. The highest BCUT2D eigenvalue weighted by Gasteiger charge is 2.29. The lowest BCUT2D eigenvalue weighted by molar-refractivity contribution is -0.132. The molecule has 0 heterocycles. The van der Waals surface area contributed by atoms with Crippen LogP contribution in [0.3, 0.4) is 0 Å². The molecule has 0 saturated carbocycles. The quantitative estimate of drug-likeness (QED) is 0.259. The second kappa shape index (κ2) is 7.31. The molecule has 0 aromatic heterocycles. The summed E-state index contributed by atoms with van der Waals surface area (Å²) in [6, 6.07) is 2.67. The molecule has 0 fully saturated rings. The highest BCUT2D eigenvalue weighted by molar-refractivity contribution is 14.1. The molecule has 0 aliphatic heterocycles. The van der Waals surface area contributed by atoms with E-state index in [1.54, 1.807) is 0 Å². The number of benzene rings is 1. The lowest BCUT2D eigenvalue weighted by Crippen LogP contribution is -2.19. The normalized spacial score (nSPS) is 12.8. The van der Waals surface area contributed by atoms with Gasteiger partial charge in [0.15, 0.2) is 11.6 Å². The van der Waals surface area contributed by atoms with Crippen molar-refractivity contribution in [3.05, 3.63) is 35.4 Å². The predicted molar refractivity (Wildman–Crippen MR) is 93.3 cm³/mol. The third-order valence-corrected chi connectivity index (χ3v) is 3.92. The number of esters is 2. The molecule has 0 amide bonds. The minimum Gasteiger partial charge on any atom is -0.425 e. The Morgan fingerprint density at radius 2 is 1.18 bits per heavy atom. The van der Waals surface area contributed by atoms with Crippen molar-refractivity contribution in [2.24, 2.45) is 0 Å². The summed E-state index contributed by atoms with van der Waals surface area (Å²) in [5.41, 5.74) is -0.131. The van der Waals surface area contributed by atoms with Crippen molar-refractivity contribution in [2.75, 3.05) is 8.86 Å². The minimum absolute atomic E-state index is 0.0198. The largest absolute Gasteiger partial charge is 0.425 e. The van der Waals surface area contributed by atoms with Crippen molar-refractivity contribution in [1.82, 2.24) is 0 Å². The average molecular weight is 526 g/mol. The first-order chi connectivity index (χ1) is 10.5. The van der Waals surface area contributed by atoms with E-state index in [1.807, 2.05) is 45.2 Å². The Morgan fingerprint density at radius 3 is 1.50 bits per heavy atom. The summed E-state index contributed by atoms with van der Waals surface area (Å²) >= 11 is 3.64. The van der Waals surface area contributed by atoms with E-state index in [0.29, 0.717) is 0 Å². The van der Waals surface area contributed by atoms with Gasteiger partial charge >= 0.3 is 11.9 Å². The molecule has 0 N–H and O–H groups in total. The second-order valence-electron chi connectivity index (χ2n) is 4.09. The molecule has 1 aliphatic carbocycles. The Hall–Kier alpha value is -1.30. The molecule has 2 rings (SSSR count). The number of halogens is 2. The summed E-state index contributed by atoms with van der Waals surface area (Å²) in [5, 5.41) is 0. The fourth-order valence-electron chi connectivity index (χ4n) is 1.84. The summed E-state index contributed by atoms with van der Waals surface area (Å²) < 4.78 is 10.3. The van der Waals surface area contributed by atoms with E-state index in [2.05, 4.69) is 0 Å². The van der Waals surface area contributed by atoms with Crippen LogP contribution in [0.5, 0.6) is 11.5 Å². The van der Waals surface area contributed by atoms with Crippen molar-refractivity contribution in [2.45, 2.75) is 0 Å². The standard InChI is InChI=1S/C14H8I2O6/c15-5-11(19)21-9-3-4-10(22-12(20)6-16)14-8(18)2-1-7(17)13(9)14/h1-4H,5-6H2. The van der Waals surface area contributed by atoms with Crippen LogP contribution in [0.2, 0.25) is 0 Å². The minimum atomic E-state index is -0.547. The van der Waals surface area contributed by atoms with Gasteiger partial charge in [0.1, 0.15) is 11.5 Å². The number of carbonyl (C=O) groups excluding carboxylic acids is 4. The summed E-state index contributed by atoms with van der Waals surface area (Å²) in [6.07, 6.45) is 2.19. The molecule has 0 bridgehead atoms.